The second-order valence-corrected chi connectivity index (χ2v) is 5.61. The molecule has 0 aliphatic heterocycles. The van der Waals surface area contributed by atoms with Gasteiger partial charge < -0.3 is 10.3 Å². The molecular weight excluding hydrogens is 288 g/mol. The summed E-state index contributed by atoms with van der Waals surface area (Å²) in [5, 5.41) is 1.12. The zero-order valence-electron chi connectivity index (χ0n) is 12.9. The minimum Gasteiger partial charge on any atom is -0.382 e. The van der Waals surface area contributed by atoms with E-state index >= 15 is 0 Å². The standard InChI is InChI=1S/C17H16N6/c1-10-13(7-12-5-3-4-6-14(12)22-10)11(2)23-9-21-15-16(18)19-8-20-17(15)23/h3-9,11H,1-2H3,(H2,18,19,20). The molecule has 1 atom stereocenters. The van der Waals surface area contributed by atoms with Gasteiger partial charge in [0.2, 0.25) is 0 Å². The fraction of sp³-hybridized carbons (Fsp3) is 0.176. The maximum atomic E-state index is 5.87. The number of hydrogen-bond donors (Lipinski definition) is 1. The van der Waals surface area contributed by atoms with Gasteiger partial charge in [-0.05, 0) is 31.5 Å². The first-order valence-electron chi connectivity index (χ1n) is 7.44. The van der Waals surface area contributed by atoms with Crippen LogP contribution in [0, 0.1) is 6.92 Å². The van der Waals surface area contributed by atoms with E-state index in [1.54, 1.807) is 6.33 Å². The minimum atomic E-state index is 0.0476. The normalized spacial score (nSPS) is 12.8. The highest BCUT2D eigenvalue weighted by molar-refractivity contribution is 5.82. The van der Waals surface area contributed by atoms with Gasteiger partial charge in [0.1, 0.15) is 11.8 Å². The highest BCUT2D eigenvalue weighted by atomic mass is 15.1. The topological polar surface area (TPSA) is 82.5 Å². The predicted octanol–water partition coefficient (Wildman–Crippen LogP) is 2.87. The number of rotatable bonds is 2. The second kappa shape index (κ2) is 5.01. The average Bonchev–Trinajstić information content (AvgIpc) is 2.99. The Morgan fingerprint density at radius 1 is 1.13 bits per heavy atom. The van der Waals surface area contributed by atoms with Crippen molar-refractivity contribution in [3.8, 4) is 0 Å². The Morgan fingerprint density at radius 2 is 1.96 bits per heavy atom. The zero-order chi connectivity index (χ0) is 16.0. The number of nitrogen functional groups attached to an aromatic ring is 1. The van der Waals surface area contributed by atoms with Gasteiger partial charge in [0, 0.05) is 11.1 Å². The fourth-order valence-electron chi connectivity index (χ4n) is 2.95. The van der Waals surface area contributed by atoms with Crippen LogP contribution in [0.1, 0.15) is 24.2 Å². The van der Waals surface area contributed by atoms with Crippen LogP contribution in [-0.4, -0.2) is 24.5 Å². The molecule has 0 fully saturated rings. The molecule has 4 aromatic rings. The van der Waals surface area contributed by atoms with E-state index in [-0.39, 0.29) is 6.04 Å². The summed E-state index contributed by atoms with van der Waals surface area (Å²) in [4.78, 5) is 17.4. The molecule has 0 saturated carbocycles. The number of hydrogen-bond acceptors (Lipinski definition) is 5. The molecule has 6 nitrogen and oxygen atoms in total. The number of pyridine rings is 1. The summed E-state index contributed by atoms with van der Waals surface area (Å²) in [5.41, 5.74) is 10.4. The quantitative estimate of drug-likeness (QED) is 0.615. The van der Waals surface area contributed by atoms with Gasteiger partial charge in [0.25, 0.3) is 0 Å². The maximum Gasteiger partial charge on any atom is 0.165 e. The van der Waals surface area contributed by atoms with E-state index in [1.165, 1.54) is 6.33 Å². The summed E-state index contributed by atoms with van der Waals surface area (Å²) in [6, 6.07) is 10.3. The van der Waals surface area contributed by atoms with Gasteiger partial charge in [-0.1, -0.05) is 18.2 Å². The smallest absolute Gasteiger partial charge is 0.165 e. The lowest BCUT2D eigenvalue weighted by molar-refractivity contribution is 0.646. The van der Waals surface area contributed by atoms with Crippen LogP contribution in [0.5, 0.6) is 0 Å². The molecule has 0 saturated heterocycles. The highest BCUT2D eigenvalue weighted by Crippen LogP contribution is 2.27. The van der Waals surface area contributed by atoms with Crippen molar-refractivity contribution < 1.29 is 0 Å². The van der Waals surface area contributed by atoms with E-state index in [9.17, 15) is 0 Å². The third kappa shape index (κ3) is 2.11. The van der Waals surface area contributed by atoms with Crippen molar-refractivity contribution in [2.24, 2.45) is 0 Å². The van der Waals surface area contributed by atoms with Gasteiger partial charge in [-0.3, -0.25) is 4.98 Å². The molecule has 114 valence electrons. The molecule has 23 heavy (non-hydrogen) atoms. The number of imidazole rings is 1. The average molecular weight is 304 g/mol. The Labute approximate surface area is 133 Å². The number of aromatic nitrogens is 5. The fourth-order valence-corrected chi connectivity index (χ4v) is 2.95. The molecule has 4 rings (SSSR count). The monoisotopic (exact) mass is 304 g/mol. The van der Waals surface area contributed by atoms with Crippen molar-refractivity contribution >= 4 is 27.9 Å². The van der Waals surface area contributed by atoms with Crippen molar-refractivity contribution in [2.45, 2.75) is 19.9 Å². The summed E-state index contributed by atoms with van der Waals surface area (Å²) in [5.74, 6) is 0.398. The Kier molecular flexibility index (Phi) is 2.97. The number of para-hydroxylation sites is 1. The molecule has 0 radical (unpaired) electrons. The SMILES string of the molecule is Cc1nc2ccccc2cc1C(C)n1cnc2c(N)ncnc21. The lowest BCUT2D eigenvalue weighted by atomic mass is 10.0. The van der Waals surface area contributed by atoms with Gasteiger partial charge in [-0.2, -0.15) is 0 Å². The van der Waals surface area contributed by atoms with Crippen LogP contribution in [0.15, 0.2) is 43.0 Å². The van der Waals surface area contributed by atoms with E-state index in [0.29, 0.717) is 11.3 Å². The summed E-state index contributed by atoms with van der Waals surface area (Å²) in [7, 11) is 0. The lowest BCUT2D eigenvalue weighted by Crippen LogP contribution is -2.09. The van der Waals surface area contributed by atoms with E-state index < -0.39 is 0 Å². The molecule has 3 heterocycles. The second-order valence-electron chi connectivity index (χ2n) is 5.61. The molecule has 3 aromatic heterocycles. The maximum absolute atomic E-state index is 5.87. The number of anilines is 1. The van der Waals surface area contributed by atoms with Crippen LogP contribution in [0.4, 0.5) is 5.82 Å². The van der Waals surface area contributed by atoms with Crippen LogP contribution in [0.25, 0.3) is 22.1 Å². The molecule has 1 aromatic carbocycles. The van der Waals surface area contributed by atoms with Gasteiger partial charge in [0.05, 0.1) is 17.9 Å². The molecule has 2 N–H and O–H groups in total. The van der Waals surface area contributed by atoms with E-state index in [0.717, 1.165) is 27.8 Å². The number of nitrogens with zero attached hydrogens (tertiary/aromatic N) is 5. The zero-order valence-corrected chi connectivity index (χ0v) is 12.9. The van der Waals surface area contributed by atoms with Crippen LogP contribution in [-0.2, 0) is 0 Å². The van der Waals surface area contributed by atoms with Crippen molar-refractivity contribution in [3.05, 3.63) is 54.2 Å². The Balaban J connectivity index is 1.89. The summed E-state index contributed by atoms with van der Waals surface area (Å²) in [6.45, 7) is 4.14. The lowest BCUT2D eigenvalue weighted by Gasteiger charge is -2.17. The number of aryl methyl sites for hydroxylation is 1. The van der Waals surface area contributed by atoms with Crippen LogP contribution >= 0.6 is 0 Å². The molecular formula is C17H16N6. The number of nitrogens with two attached hydrogens (primary N) is 1. The van der Waals surface area contributed by atoms with Crippen LogP contribution < -0.4 is 5.73 Å². The van der Waals surface area contributed by atoms with E-state index in [4.69, 9.17) is 10.7 Å². The first-order chi connectivity index (χ1) is 11.1. The number of benzene rings is 1. The van der Waals surface area contributed by atoms with Gasteiger partial charge in [0.15, 0.2) is 11.5 Å². The predicted molar refractivity (Wildman–Crippen MR) is 90.0 cm³/mol. The molecule has 0 aliphatic carbocycles. The third-order valence-corrected chi connectivity index (χ3v) is 4.21. The largest absolute Gasteiger partial charge is 0.382 e. The van der Waals surface area contributed by atoms with Gasteiger partial charge in [-0.25, -0.2) is 15.0 Å². The van der Waals surface area contributed by atoms with Crippen LogP contribution in [0.2, 0.25) is 0 Å². The first-order valence-corrected chi connectivity index (χ1v) is 7.44. The highest BCUT2D eigenvalue weighted by Gasteiger charge is 2.17. The third-order valence-electron chi connectivity index (χ3n) is 4.21. The number of fused-ring (bicyclic) bond motifs is 2. The van der Waals surface area contributed by atoms with Crippen LogP contribution in [0.3, 0.4) is 0 Å². The molecule has 0 aliphatic rings. The summed E-state index contributed by atoms with van der Waals surface area (Å²) in [6.07, 6.45) is 3.23. The molecule has 6 heteroatoms. The molecule has 1 unspecified atom stereocenters. The van der Waals surface area contributed by atoms with Crippen molar-refractivity contribution in [1.82, 2.24) is 24.5 Å². The van der Waals surface area contributed by atoms with Crippen molar-refractivity contribution in [3.63, 3.8) is 0 Å². The summed E-state index contributed by atoms with van der Waals surface area (Å²) >= 11 is 0. The van der Waals surface area contributed by atoms with Crippen molar-refractivity contribution in [2.75, 3.05) is 5.73 Å². The Hall–Kier alpha value is -3.02. The molecule has 0 amide bonds. The first kappa shape index (κ1) is 13.6. The summed E-state index contributed by atoms with van der Waals surface area (Å²) < 4.78 is 2.01. The van der Waals surface area contributed by atoms with E-state index in [1.807, 2.05) is 29.7 Å². The Bertz CT molecular complexity index is 1020. The Morgan fingerprint density at radius 3 is 2.83 bits per heavy atom. The molecule has 0 spiro atoms. The minimum absolute atomic E-state index is 0.0476. The van der Waals surface area contributed by atoms with Gasteiger partial charge in [-0.15, -0.1) is 0 Å². The van der Waals surface area contributed by atoms with E-state index in [2.05, 4.69) is 34.0 Å². The van der Waals surface area contributed by atoms with Crippen molar-refractivity contribution in [1.29, 1.82) is 0 Å². The van der Waals surface area contributed by atoms with Gasteiger partial charge >= 0.3 is 0 Å². The molecule has 0 bridgehead atoms.